The molecule has 3 heterocycles. The van der Waals surface area contributed by atoms with E-state index in [1.165, 1.54) is 30.2 Å². The summed E-state index contributed by atoms with van der Waals surface area (Å²) in [6, 6.07) is 16.3. The molecule has 11 heteroatoms. The van der Waals surface area contributed by atoms with E-state index in [0.29, 0.717) is 28.9 Å². The number of amidine groups is 1. The summed E-state index contributed by atoms with van der Waals surface area (Å²) in [7, 11) is -0.556. The molecule has 0 unspecified atom stereocenters. The van der Waals surface area contributed by atoms with Crippen LogP contribution in [0.3, 0.4) is 0 Å². The number of hydrogen-bond donors (Lipinski definition) is 0. The molecule has 1 aromatic heterocycles. The summed E-state index contributed by atoms with van der Waals surface area (Å²) in [6.45, 7) is 5.38. The topological polar surface area (TPSA) is 97.1 Å². The fourth-order valence-corrected chi connectivity index (χ4v) is 6.26. The van der Waals surface area contributed by atoms with Crippen molar-refractivity contribution >= 4 is 38.9 Å². The molecule has 1 amide bonds. The first-order valence-corrected chi connectivity index (χ1v) is 14.5. The van der Waals surface area contributed by atoms with Gasteiger partial charge in [0.15, 0.2) is 5.17 Å². The molecule has 0 N–H and O–H groups in total. The third-order valence-corrected chi connectivity index (χ3v) is 9.13. The number of ether oxygens (including phenoxy) is 1. The number of carbonyl (C=O) groups excluding carboxylic acids is 1. The minimum absolute atomic E-state index is 0.0557. The van der Waals surface area contributed by atoms with E-state index in [4.69, 9.17) is 9.84 Å². The second kappa shape index (κ2) is 10.5. The first kappa shape index (κ1) is 26.4. The lowest BCUT2D eigenvalue weighted by Gasteiger charge is -2.35. The summed E-state index contributed by atoms with van der Waals surface area (Å²) in [4.78, 5) is 20.0. The highest BCUT2D eigenvalue weighted by molar-refractivity contribution is 8.18. The Balaban J connectivity index is 1.50. The minimum Gasteiger partial charge on any atom is -0.372 e. The van der Waals surface area contributed by atoms with Crippen molar-refractivity contribution in [1.82, 2.24) is 19.0 Å². The second-order valence-electron chi connectivity index (χ2n) is 9.50. The number of sulfonamides is 1. The number of thioether (sulfide) groups is 1. The summed E-state index contributed by atoms with van der Waals surface area (Å²) in [5.74, 6) is -0.289. The maximum atomic E-state index is 12.9. The molecule has 2 aliphatic rings. The van der Waals surface area contributed by atoms with Gasteiger partial charge in [0.1, 0.15) is 0 Å². The zero-order valence-corrected chi connectivity index (χ0v) is 23.2. The third-order valence-electron chi connectivity index (χ3n) is 6.26. The Morgan fingerprint density at radius 3 is 2.32 bits per heavy atom. The van der Waals surface area contributed by atoms with Crippen molar-refractivity contribution < 1.29 is 17.9 Å². The van der Waals surface area contributed by atoms with Crippen molar-refractivity contribution in [1.29, 1.82) is 0 Å². The Morgan fingerprint density at radius 1 is 1.03 bits per heavy atom. The van der Waals surface area contributed by atoms with Crippen LogP contribution in [0.5, 0.6) is 0 Å². The monoisotopic (exact) mass is 551 g/mol. The number of carbonyl (C=O) groups is 1. The van der Waals surface area contributed by atoms with E-state index in [0.717, 1.165) is 16.8 Å². The number of nitrogens with zero attached hydrogens (tertiary/aromatic N) is 5. The van der Waals surface area contributed by atoms with Crippen molar-refractivity contribution in [3.05, 3.63) is 71.3 Å². The molecule has 2 aromatic carbocycles. The molecule has 0 spiro atoms. The number of para-hydroxylation sites is 1. The molecule has 1 saturated heterocycles. The van der Waals surface area contributed by atoms with Crippen molar-refractivity contribution in [3.8, 4) is 16.9 Å². The number of morpholine rings is 1. The van der Waals surface area contributed by atoms with E-state index in [-0.39, 0.29) is 23.0 Å². The molecule has 2 atom stereocenters. The number of aliphatic imine (C=N–C) groups is 1. The van der Waals surface area contributed by atoms with Crippen LogP contribution in [0.1, 0.15) is 19.4 Å². The van der Waals surface area contributed by atoms with Crippen molar-refractivity contribution in [2.75, 3.05) is 27.2 Å². The molecule has 5 rings (SSSR count). The standard InChI is InChI=1S/C27H29N5O4S2/c1-18-15-31(16-19(2)36-18)27-28-26(33)24(37-27)14-21-17-32(22-8-6-5-7-9-22)29-25(21)20-10-12-23(13-11-20)38(34,35)30(3)4/h5-14,17-19H,15-16H2,1-4H3/b24-14-/t18-,19-/m1/s1. The van der Waals surface area contributed by atoms with Crippen molar-refractivity contribution in [2.45, 2.75) is 31.0 Å². The maximum Gasteiger partial charge on any atom is 0.286 e. The molecule has 9 nitrogen and oxygen atoms in total. The van der Waals surface area contributed by atoms with Gasteiger partial charge in [-0.05, 0) is 56.0 Å². The quantitative estimate of drug-likeness (QED) is 0.444. The first-order chi connectivity index (χ1) is 18.1. The fraction of sp³-hybridized carbons (Fsp3) is 0.296. The highest BCUT2D eigenvalue weighted by Crippen LogP contribution is 2.34. The predicted molar refractivity (Wildman–Crippen MR) is 149 cm³/mol. The van der Waals surface area contributed by atoms with Crippen LogP contribution in [0.4, 0.5) is 0 Å². The van der Waals surface area contributed by atoms with E-state index in [1.54, 1.807) is 28.9 Å². The van der Waals surface area contributed by atoms with Gasteiger partial charge in [-0.2, -0.15) is 10.1 Å². The fourth-order valence-electron chi connectivity index (χ4n) is 4.43. The SMILES string of the molecule is C[C@@H]1CN(C2=NC(=O)/C(=C/c3cn(-c4ccccc4)nc3-c3ccc(S(=O)(=O)N(C)C)cc3)S2)C[C@@H](C)O1. The van der Waals surface area contributed by atoms with Gasteiger partial charge in [0, 0.05) is 44.5 Å². The van der Waals surface area contributed by atoms with Gasteiger partial charge in [0.2, 0.25) is 10.0 Å². The van der Waals surface area contributed by atoms with Gasteiger partial charge >= 0.3 is 0 Å². The van der Waals surface area contributed by atoms with Crippen molar-refractivity contribution in [3.63, 3.8) is 0 Å². The molecule has 198 valence electrons. The van der Waals surface area contributed by atoms with Crippen molar-refractivity contribution in [2.24, 2.45) is 4.99 Å². The first-order valence-electron chi connectivity index (χ1n) is 12.2. The smallest absolute Gasteiger partial charge is 0.286 e. The summed E-state index contributed by atoms with van der Waals surface area (Å²) in [5, 5.41) is 5.48. The summed E-state index contributed by atoms with van der Waals surface area (Å²) >= 11 is 1.35. The maximum absolute atomic E-state index is 12.9. The lowest BCUT2D eigenvalue weighted by molar-refractivity contribution is -0.113. The van der Waals surface area contributed by atoms with Crippen LogP contribution in [0.25, 0.3) is 23.0 Å². The summed E-state index contributed by atoms with van der Waals surface area (Å²) < 4.78 is 33.8. The van der Waals surface area contributed by atoms with E-state index < -0.39 is 10.0 Å². The zero-order valence-electron chi connectivity index (χ0n) is 21.6. The molecule has 0 aliphatic carbocycles. The molecular formula is C27H29N5O4S2. The molecule has 0 saturated carbocycles. The number of rotatable bonds is 5. The van der Waals surface area contributed by atoms with E-state index in [2.05, 4.69) is 9.89 Å². The van der Waals surface area contributed by atoms with Crippen LogP contribution >= 0.6 is 11.8 Å². The molecule has 0 bridgehead atoms. The lowest BCUT2D eigenvalue weighted by atomic mass is 10.1. The average molecular weight is 552 g/mol. The molecule has 0 radical (unpaired) electrons. The number of hydrogen-bond acceptors (Lipinski definition) is 7. The van der Waals surface area contributed by atoms with Crippen LogP contribution in [0.15, 0.2) is 75.6 Å². The van der Waals surface area contributed by atoms with Crippen LogP contribution in [-0.2, 0) is 19.6 Å². The van der Waals surface area contributed by atoms with Gasteiger partial charge in [-0.25, -0.2) is 17.4 Å². The van der Waals surface area contributed by atoms with Crippen LogP contribution < -0.4 is 0 Å². The van der Waals surface area contributed by atoms with Gasteiger partial charge in [-0.15, -0.1) is 0 Å². The van der Waals surface area contributed by atoms with Gasteiger partial charge in [-0.1, -0.05) is 30.3 Å². The highest BCUT2D eigenvalue weighted by Gasteiger charge is 2.31. The molecule has 1 fully saturated rings. The zero-order chi connectivity index (χ0) is 27.0. The van der Waals surface area contributed by atoms with Crippen LogP contribution in [0.2, 0.25) is 0 Å². The van der Waals surface area contributed by atoms with E-state index >= 15 is 0 Å². The van der Waals surface area contributed by atoms with E-state index in [1.807, 2.05) is 56.5 Å². The summed E-state index contributed by atoms with van der Waals surface area (Å²) in [6.07, 6.45) is 3.79. The largest absolute Gasteiger partial charge is 0.372 e. The Bertz CT molecular complexity index is 1500. The number of benzene rings is 2. The van der Waals surface area contributed by atoms with Gasteiger partial charge in [0.05, 0.1) is 33.4 Å². The Hall–Kier alpha value is -3.25. The van der Waals surface area contributed by atoms with E-state index in [9.17, 15) is 13.2 Å². The number of amides is 1. The minimum atomic E-state index is -3.56. The molecular weight excluding hydrogens is 522 g/mol. The highest BCUT2D eigenvalue weighted by atomic mass is 32.2. The Kier molecular flexibility index (Phi) is 7.28. The van der Waals surface area contributed by atoms with Crippen LogP contribution in [-0.4, -0.2) is 77.9 Å². The molecule has 38 heavy (non-hydrogen) atoms. The molecule has 2 aliphatic heterocycles. The Morgan fingerprint density at radius 2 is 1.68 bits per heavy atom. The second-order valence-corrected chi connectivity index (χ2v) is 12.7. The third kappa shape index (κ3) is 5.32. The van der Waals surface area contributed by atoms with Gasteiger partial charge in [0.25, 0.3) is 5.91 Å². The predicted octanol–water partition coefficient (Wildman–Crippen LogP) is 3.87. The molecule has 3 aromatic rings. The summed E-state index contributed by atoms with van der Waals surface area (Å²) in [5.41, 5.74) is 2.96. The Labute approximate surface area is 226 Å². The van der Waals surface area contributed by atoms with Crippen LogP contribution in [0, 0.1) is 0 Å². The lowest BCUT2D eigenvalue weighted by Crippen LogP contribution is -2.47. The normalized spacial score (nSPS) is 21.4. The van der Waals surface area contributed by atoms with Gasteiger partial charge < -0.3 is 9.64 Å². The number of aromatic nitrogens is 2. The average Bonchev–Trinajstić information content (AvgIpc) is 3.48. The van der Waals surface area contributed by atoms with Gasteiger partial charge in [-0.3, -0.25) is 4.79 Å².